The van der Waals surface area contributed by atoms with Gasteiger partial charge in [-0.25, -0.2) is 8.96 Å². The molecule has 2 N–H and O–H groups in total. The SMILES string of the molecule is Cl.N[C@@H](Cc1ccc(F)cc1)C(=O)N1CCC[C@H]1P(=O)(Oc1ccccc1)Oc1ccccc1. The second-order valence-corrected chi connectivity index (χ2v) is 9.98. The molecule has 0 aromatic heterocycles. The molecular weight excluding hydrogens is 478 g/mol. The molecule has 0 spiro atoms. The van der Waals surface area contributed by atoms with Gasteiger partial charge in [-0.15, -0.1) is 12.4 Å². The Hall–Kier alpha value is -2.86. The van der Waals surface area contributed by atoms with E-state index in [-0.39, 0.29) is 30.6 Å². The van der Waals surface area contributed by atoms with E-state index in [0.717, 1.165) is 5.56 Å². The maximum Gasteiger partial charge on any atom is 0.453 e. The molecule has 2 atom stereocenters. The molecule has 3 aromatic carbocycles. The summed E-state index contributed by atoms with van der Waals surface area (Å²) in [5.74, 6) is -0.672. The largest absolute Gasteiger partial charge is 0.453 e. The minimum Gasteiger partial charge on any atom is -0.415 e. The lowest BCUT2D eigenvalue weighted by atomic mass is 10.1. The van der Waals surface area contributed by atoms with Crippen LogP contribution in [0, 0.1) is 5.82 Å². The number of rotatable bonds is 8. The molecule has 9 heteroatoms. The molecule has 34 heavy (non-hydrogen) atoms. The molecule has 4 rings (SSSR count). The lowest BCUT2D eigenvalue weighted by molar-refractivity contribution is -0.132. The van der Waals surface area contributed by atoms with Crippen molar-refractivity contribution in [1.29, 1.82) is 0 Å². The van der Waals surface area contributed by atoms with Gasteiger partial charge in [0.05, 0.1) is 6.04 Å². The molecule has 1 fully saturated rings. The summed E-state index contributed by atoms with van der Waals surface area (Å²) in [5, 5.41) is 0. The lowest BCUT2D eigenvalue weighted by Crippen LogP contribution is -2.47. The van der Waals surface area contributed by atoms with Crippen LogP contribution in [0.5, 0.6) is 11.5 Å². The van der Waals surface area contributed by atoms with Gasteiger partial charge in [0, 0.05) is 6.54 Å². The van der Waals surface area contributed by atoms with Crippen molar-refractivity contribution in [1.82, 2.24) is 4.90 Å². The van der Waals surface area contributed by atoms with Crippen molar-refractivity contribution in [2.24, 2.45) is 5.73 Å². The van der Waals surface area contributed by atoms with Crippen molar-refractivity contribution in [3.63, 3.8) is 0 Å². The number of likely N-dealkylation sites (tertiary alicyclic amines) is 1. The normalized spacial score (nSPS) is 16.4. The third-order valence-corrected chi connectivity index (χ3v) is 7.70. The van der Waals surface area contributed by atoms with Gasteiger partial charge in [-0.3, -0.25) is 4.79 Å². The number of hydrogen-bond acceptors (Lipinski definition) is 5. The first-order valence-electron chi connectivity index (χ1n) is 10.8. The summed E-state index contributed by atoms with van der Waals surface area (Å²) in [6.07, 6.45) is 1.36. The smallest absolute Gasteiger partial charge is 0.415 e. The number of halogens is 2. The van der Waals surface area contributed by atoms with Crippen molar-refractivity contribution in [2.75, 3.05) is 6.54 Å². The predicted octanol–water partition coefficient (Wildman–Crippen LogP) is 5.42. The summed E-state index contributed by atoms with van der Waals surface area (Å²) in [6, 6.07) is 22.6. The highest BCUT2D eigenvalue weighted by Crippen LogP contribution is 2.57. The lowest BCUT2D eigenvalue weighted by Gasteiger charge is -2.32. The number of nitrogens with zero attached hydrogens (tertiary/aromatic N) is 1. The van der Waals surface area contributed by atoms with Crippen LogP contribution < -0.4 is 14.8 Å². The van der Waals surface area contributed by atoms with Gasteiger partial charge in [-0.1, -0.05) is 48.5 Å². The van der Waals surface area contributed by atoms with E-state index in [4.69, 9.17) is 14.8 Å². The minimum absolute atomic E-state index is 0. The van der Waals surface area contributed by atoms with E-state index in [2.05, 4.69) is 0 Å². The molecule has 0 radical (unpaired) electrons. The van der Waals surface area contributed by atoms with Crippen LogP contribution >= 0.6 is 20.0 Å². The van der Waals surface area contributed by atoms with Gasteiger partial charge >= 0.3 is 7.60 Å². The molecule has 3 aromatic rings. The summed E-state index contributed by atoms with van der Waals surface area (Å²) >= 11 is 0. The van der Waals surface area contributed by atoms with Crippen LogP contribution in [-0.2, 0) is 15.8 Å². The molecule has 6 nitrogen and oxygen atoms in total. The number of hydrogen-bond donors (Lipinski definition) is 1. The van der Waals surface area contributed by atoms with Crippen molar-refractivity contribution < 1.29 is 22.8 Å². The van der Waals surface area contributed by atoms with Crippen LogP contribution in [0.2, 0.25) is 0 Å². The fraction of sp³-hybridized carbons (Fsp3) is 0.240. The fourth-order valence-electron chi connectivity index (χ4n) is 3.91. The van der Waals surface area contributed by atoms with E-state index in [1.165, 1.54) is 17.0 Å². The van der Waals surface area contributed by atoms with Gasteiger partial charge < -0.3 is 19.7 Å². The van der Waals surface area contributed by atoms with Crippen LogP contribution in [-0.4, -0.2) is 29.2 Å². The van der Waals surface area contributed by atoms with E-state index in [1.54, 1.807) is 60.7 Å². The number of carbonyl (C=O) groups excluding carboxylic acids is 1. The molecular formula is C25H27ClFN2O4P. The molecule has 1 aliphatic heterocycles. The highest BCUT2D eigenvalue weighted by Gasteiger charge is 2.48. The first kappa shape index (κ1) is 25.8. The zero-order valence-electron chi connectivity index (χ0n) is 18.5. The highest BCUT2D eigenvalue weighted by atomic mass is 35.5. The number of nitrogens with two attached hydrogens (primary N) is 1. The third kappa shape index (κ3) is 6.17. The van der Waals surface area contributed by atoms with E-state index < -0.39 is 19.4 Å². The fourth-order valence-corrected chi connectivity index (χ4v) is 6.09. The van der Waals surface area contributed by atoms with Crippen LogP contribution in [0.25, 0.3) is 0 Å². The predicted molar refractivity (Wildman–Crippen MR) is 132 cm³/mol. The standard InChI is InChI=1S/C25H26FN2O4P.ClH/c26-20-15-13-19(14-16-20)18-23(27)25(29)28-17-7-12-24(28)33(30,31-21-8-3-1-4-9-21)32-22-10-5-2-6-11-22;/h1-6,8-11,13-16,23-24H,7,12,17-18,27H2;1H/t23-,24+;/m0./s1. The van der Waals surface area contributed by atoms with Gasteiger partial charge in [-0.05, 0) is 61.2 Å². The Bertz CT molecular complexity index is 1070. The van der Waals surface area contributed by atoms with Crippen molar-refractivity contribution in [3.8, 4) is 11.5 Å². The second-order valence-electron chi connectivity index (χ2n) is 7.94. The molecule has 1 aliphatic rings. The molecule has 1 amide bonds. The summed E-state index contributed by atoms with van der Waals surface area (Å²) in [5.41, 5.74) is 6.97. The Kier molecular flexibility index (Phi) is 8.72. The Morgan fingerprint density at radius 2 is 1.50 bits per heavy atom. The zero-order chi connectivity index (χ0) is 23.3. The van der Waals surface area contributed by atoms with Crippen molar-refractivity contribution in [2.45, 2.75) is 31.1 Å². The average Bonchev–Trinajstić information content (AvgIpc) is 3.32. The molecule has 1 heterocycles. The third-order valence-electron chi connectivity index (χ3n) is 5.51. The number of benzene rings is 3. The second kappa shape index (κ2) is 11.5. The number of amides is 1. The summed E-state index contributed by atoms with van der Waals surface area (Å²) in [6.45, 7) is 0.404. The molecule has 0 unspecified atom stereocenters. The molecule has 0 aliphatic carbocycles. The molecule has 0 saturated carbocycles. The van der Waals surface area contributed by atoms with E-state index in [0.29, 0.717) is 30.9 Å². The van der Waals surface area contributed by atoms with Crippen molar-refractivity contribution in [3.05, 3.63) is 96.3 Å². The highest BCUT2D eigenvalue weighted by molar-refractivity contribution is 7.55. The maximum absolute atomic E-state index is 14.2. The van der Waals surface area contributed by atoms with Crippen LogP contribution in [0.4, 0.5) is 4.39 Å². The van der Waals surface area contributed by atoms with E-state index in [1.807, 2.05) is 12.1 Å². The van der Waals surface area contributed by atoms with Gasteiger partial charge in [0.2, 0.25) is 5.91 Å². The summed E-state index contributed by atoms with van der Waals surface area (Å²) in [7, 11) is -3.85. The van der Waals surface area contributed by atoms with Gasteiger partial charge in [0.1, 0.15) is 17.3 Å². The minimum atomic E-state index is -3.85. The Morgan fingerprint density at radius 1 is 0.971 bits per heavy atom. The zero-order valence-corrected chi connectivity index (χ0v) is 20.2. The van der Waals surface area contributed by atoms with Gasteiger partial charge in [0.25, 0.3) is 0 Å². The van der Waals surface area contributed by atoms with Crippen LogP contribution in [0.15, 0.2) is 84.9 Å². The van der Waals surface area contributed by atoms with Gasteiger partial charge in [-0.2, -0.15) is 0 Å². The van der Waals surface area contributed by atoms with Crippen molar-refractivity contribution >= 4 is 25.9 Å². The first-order valence-corrected chi connectivity index (χ1v) is 12.5. The topological polar surface area (TPSA) is 81.9 Å². The van der Waals surface area contributed by atoms with Gasteiger partial charge in [0.15, 0.2) is 5.78 Å². The Labute approximate surface area is 204 Å². The molecule has 0 bridgehead atoms. The maximum atomic E-state index is 14.2. The Balaban J connectivity index is 0.00000324. The number of carbonyl (C=O) groups is 1. The number of para-hydroxylation sites is 2. The first-order chi connectivity index (χ1) is 15.9. The van der Waals surface area contributed by atoms with Crippen LogP contribution in [0.1, 0.15) is 18.4 Å². The monoisotopic (exact) mass is 504 g/mol. The van der Waals surface area contributed by atoms with E-state index in [9.17, 15) is 13.8 Å². The van der Waals surface area contributed by atoms with E-state index >= 15 is 0 Å². The van der Waals surface area contributed by atoms with Crippen LogP contribution in [0.3, 0.4) is 0 Å². The Morgan fingerprint density at radius 3 is 2.03 bits per heavy atom. The average molecular weight is 505 g/mol. The molecule has 180 valence electrons. The quantitative estimate of drug-likeness (QED) is 0.414. The molecule has 1 saturated heterocycles. The summed E-state index contributed by atoms with van der Waals surface area (Å²) < 4.78 is 39.2. The summed E-state index contributed by atoms with van der Waals surface area (Å²) in [4.78, 5) is 14.8.